The van der Waals surface area contributed by atoms with Crippen LogP contribution in [-0.2, 0) is 11.3 Å². The average Bonchev–Trinajstić information content (AvgIpc) is 2.53. The highest BCUT2D eigenvalue weighted by atomic mass is 127. The quantitative estimate of drug-likeness (QED) is 0.271. The summed E-state index contributed by atoms with van der Waals surface area (Å²) >= 11 is 0. The molecule has 0 aliphatic heterocycles. The average molecular weight is 435 g/mol. The van der Waals surface area contributed by atoms with Gasteiger partial charge in [-0.3, -0.25) is 0 Å². The minimum atomic E-state index is 0. The molecule has 0 aromatic heterocycles. The first kappa shape index (κ1) is 22.0. The van der Waals surface area contributed by atoms with Crippen molar-refractivity contribution in [2.75, 3.05) is 33.4 Å². The van der Waals surface area contributed by atoms with Crippen molar-refractivity contribution in [2.45, 2.75) is 33.7 Å². The second kappa shape index (κ2) is 13.4. The molecule has 1 rings (SSSR count). The Kier molecular flexibility index (Phi) is 12.8. The van der Waals surface area contributed by atoms with Gasteiger partial charge in [0, 0.05) is 31.9 Å². The van der Waals surface area contributed by atoms with Gasteiger partial charge in [0.25, 0.3) is 0 Å². The van der Waals surface area contributed by atoms with E-state index < -0.39 is 0 Å². The lowest BCUT2D eigenvalue weighted by Gasteiger charge is -2.12. The lowest BCUT2D eigenvalue weighted by atomic mass is 10.1. The number of aryl methyl sites for hydroxylation is 1. The third kappa shape index (κ3) is 9.00. The van der Waals surface area contributed by atoms with Gasteiger partial charge in [0.1, 0.15) is 5.75 Å². The van der Waals surface area contributed by atoms with Gasteiger partial charge in [-0.2, -0.15) is 0 Å². The molecule has 0 aliphatic rings. The number of rotatable bonds is 9. The predicted octanol–water partition coefficient (Wildman–Crippen LogP) is 3.10. The van der Waals surface area contributed by atoms with Crippen LogP contribution in [0.3, 0.4) is 0 Å². The summed E-state index contributed by atoms with van der Waals surface area (Å²) in [5, 5.41) is 6.57. The molecule has 0 fully saturated rings. The van der Waals surface area contributed by atoms with Gasteiger partial charge < -0.3 is 20.1 Å². The van der Waals surface area contributed by atoms with Crippen molar-refractivity contribution >= 4 is 29.9 Å². The number of guanidine groups is 1. The molecule has 0 bridgehead atoms. The SMILES string of the molecule is CCNC(=NCc1ccc(C)cc1OC)NCCCOCC.I. The number of nitrogens with one attached hydrogen (secondary N) is 2. The first-order valence-corrected chi connectivity index (χ1v) is 7.94. The molecular weight excluding hydrogens is 405 g/mol. The van der Waals surface area contributed by atoms with Crippen LogP contribution in [0.4, 0.5) is 0 Å². The molecule has 0 saturated heterocycles. The van der Waals surface area contributed by atoms with E-state index in [9.17, 15) is 0 Å². The van der Waals surface area contributed by atoms with Crippen LogP contribution in [0.1, 0.15) is 31.4 Å². The van der Waals surface area contributed by atoms with Crippen molar-refractivity contribution in [1.82, 2.24) is 10.6 Å². The molecule has 6 heteroatoms. The Morgan fingerprint density at radius 2 is 2.00 bits per heavy atom. The highest BCUT2D eigenvalue weighted by Crippen LogP contribution is 2.20. The smallest absolute Gasteiger partial charge is 0.191 e. The fraction of sp³-hybridized carbons (Fsp3) is 0.588. The number of aliphatic imine (C=N–C) groups is 1. The van der Waals surface area contributed by atoms with Crippen LogP contribution in [0.15, 0.2) is 23.2 Å². The van der Waals surface area contributed by atoms with Gasteiger partial charge in [-0.15, -0.1) is 24.0 Å². The predicted molar refractivity (Wildman–Crippen MR) is 107 cm³/mol. The lowest BCUT2D eigenvalue weighted by molar-refractivity contribution is 0.145. The number of ether oxygens (including phenoxy) is 2. The zero-order valence-electron chi connectivity index (χ0n) is 14.6. The summed E-state index contributed by atoms with van der Waals surface area (Å²) in [6.07, 6.45) is 0.964. The van der Waals surface area contributed by atoms with E-state index in [0.29, 0.717) is 6.54 Å². The molecule has 0 amide bonds. The molecule has 1 aromatic carbocycles. The van der Waals surface area contributed by atoms with Crippen molar-refractivity contribution < 1.29 is 9.47 Å². The lowest BCUT2D eigenvalue weighted by Crippen LogP contribution is -2.38. The summed E-state index contributed by atoms with van der Waals surface area (Å²) in [6.45, 7) is 9.93. The van der Waals surface area contributed by atoms with Gasteiger partial charge in [-0.1, -0.05) is 12.1 Å². The molecule has 0 spiro atoms. The van der Waals surface area contributed by atoms with Crippen molar-refractivity contribution in [1.29, 1.82) is 0 Å². The van der Waals surface area contributed by atoms with Gasteiger partial charge >= 0.3 is 0 Å². The zero-order chi connectivity index (χ0) is 16.2. The molecule has 0 saturated carbocycles. The van der Waals surface area contributed by atoms with Crippen LogP contribution in [-0.4, -0.2) is 39.4 Å². The summed E-state index contributed by atoms with van der Waals surface area (Å²) in [7, 11) is 1.69. The molecule has 0 heterocycles. The van der Waals surface area contributed by atoms with Crippen LogP contribution < -0.4 is 15.4 Å². The van der Waals surface area contributed by atoms with E-state index in [1.165, 1.54) is 5.56 Å². The molecule has 23 heavy (non-hydrogen) atoms. The first-order valence-electron chi connectivity index (χ1n) is 7.94. The third-order valence-corrected chi connectivity index (χ3v) is 3.16. The van der Waals surface area contributed by atoms with E-state index in [0.717, 1.165) is 50.0 Å². The van der Waals surface area contributed by atoms with Crippen molar-refractivity contribution in [2.24, 2.45) is 4.99 Å². The summed E-state index contributed by atoms with van der Waals surface area (Å²) in [5.41, 5.74) is 2.27. The van der Waals surface area contributed by atoms with Gasteiger partial charge in [0.15, 0.2) is 5.96 Å². The summed E-state index contributed by atoms with van der Waals surface area (Å²) < 4.78 is 10.7. The van der Waals surface area contributed by atoms with Crippen LogP contribution in [0.2, 0.25) is 0 Å². The van der Waals surface area contributed by atoms with Crippen LogP contribution in [0.25, 0.3) is 0 Å². The Morgan fingerprint density at radius 3 is 2.65 bits per heavy atom. The fourth-order valence-corrected chi connectivity index (χ4v) is 2.01. The Balaban J connectivity index is 0.00000484. The summed E-state index contributed by atoms with van der Waals surface area (Å²) in [5.74, 6) is 1.71. The molecule has 2 N–H and O–H groups in total. The van der Waals surface area contributed by atoms with Gasteiger partial charge in [-0.25, -0.2) is 4.99 Å². The number of benzene rings is 1. The van der Waals surface area contributed by atoms with Crippen LogP contribution in [0.5, 0.6) is 5.75 Å². The largest absolute Gasteiger partial charge is 0.496 e. The maximum atomic E-state index is 5.42. The molecule has 0 atom stereocenters. The molecule has 132 valence electrons. The number of nitrogens with zero attached hydrogens (tertiary/aromatic N) is 1. The molecular formula is C17H30IN3O2. The van der Waals surface area contributed by atoms with E-state index >= 15 is 0 Å². The Hall–Kier alpha value is -1.02. The van der Waals surface area contributed by atoms with E-state index in [2.05, 4.69) is 41.6 Å². The van der Waals surface area contributed by atoms with Gasteiger partial charge in [0.2, 0.25) is 0 Å². The van der Waals surface area contributed by atoms with E-state index in [1.807, 2.05) is 13.0 Å². The molecule has 1 aromatic rings. The van der Waals surface area contributed by atoms with Crippen molar-refractivity contribution in [3.63, 3.8) is 0 Å². The van der Waals surface area contributed by atoms with E-state index in [1.54, 1.807) is 7.11 Å². The van der Waals surface area contributed by atoms with E-state index in [-0.39, 0.29) is 24.0 Å². The van der Waals surface area contributed by atoms with Gasteiger partial charge in [-0.05, 0) is 38.8 Å². The molecule has 0 unspecified atom stereocenters. The maximum Gasteiger partial charge on any atom is 0.191 e. The normalized spacial score (nSPS) is 10.9. The second-order valence-electron chi connectivity index (χ2n) is 4.99. The minimum Gasteiger partial charge on any atom is -0.496 e. The maximum absolute atomic E-state index is 5.42. The van der Waals surface area contributed by atoms with Crippen LogP contribution in [0, 0.1) is 6.92 Å². The number of methoxy groups -OCH3 is 1. The van der Waals surface area contributed by atoms with Crippen LogP contribution >= 0.6 is 24.0 Å². The van der Waals surface area contributed by atoms with Gasteiger partial charge in [0.05, 0.1) is 13.7 Å². The minimum absolute atomic E-state index is 0. The zero-order valence-corrected chi connectivity index (χ0v) is 17.0. The monoisotopic (exact) mass is 435 g/mol. The third-order valence-electron chi connectivity index (χ3n) is 3.16. The fourth-order valence-electron chi connectivity index (χ4n) is 2.01. The molecule has 5 nitrogen and oxygen atoms in total. The standard InChI is InChI=1S/C17H29N3O2.HI/c1-5-18-17(19-10-7-11-22-6-2)20-13-15-9-8-14(3)12-16(15)21-4;/h8-9,12H,5-7,10-11,13H2,1-4H3,(H2,18,19,20);1H. The highest BCUT2D eigenvalue weighted by Gasteiger charge is 2.03. The molecule has 0 radical (unpaired) electrons. The Bertz CT molecular complexity index is 467. The Labute approximate surface area is 157 Å². The Morgan fingerprint density at radius 1 is 1.22 bits per heavy atom. The number of halogens is 1. The molecule has 0 aliphatic carbocycles. The van der Waals surface area contributed by atoms with E-state index in [4.69, 9.17) is 9.47 Å². The topological polar surface area (TPSA) is 54.9 Å². The number of hydrogen-bond acceptors (Lipinski definition) is 3. The summed E-state index contributed by atoms with van der Waals surface area (Å²) in [4.78, 5) is 4.61. The highest BCUT2D eigenvalue weighted by molar-refractivity contribution is 14.0. The second-order valence-corrected chi connectivity index (χ2v) is 4.99. The summed E-state index contributed by atoms with van der Waals surface area (Å²) in [6, 6.07) is 6.18. The van der Waals surface area contributed by atoms with Crippen molar-refractivity contribution in [3.8, 4) is 5.75 Å². The van der Waals surface area contributed by atoms with Crippen molar-refractivity contribution in [3.05, 3.63) is 29.3 Å². The number of hydrogen-bond donors (Lipinski definition) is 2. The first-order chi connectivity index (χ1) is 10.7.